The van der Waals surface area contributed by atoms with Crippen LogP contribution in [-0.2, 0) is 19.6 Å². The molecule has 134 valence electrons. The highest BCUT2D eigenvalue weighted by atomic mass is 32.2. The van der Waals surface area contributed by atoms with Gasteiger partial charge >= 0.3 is 5.97 Å². The minimum atomic E-state index is -3.80. The summed E-state index contributed by atoms with van der Waals surface area (Å²) in [5.41, 5.74) is -0.600. The molecule has 0 fully saturated rings. The number of ketones is 1. The molecule has 1 aromatic rings. The Bertz CT molecular complexity index is 731. The van der Waals surface area contributed by atoms with Crippen LogP contribution in [0.25, 0.3) is 0 Å². The molecule has 0 atom stereocenters. The van der Waals surface area contributed by atoms with Gasteiger partial charge in [-0.15, -0.1) is 0 Å². The van der Waals surface area contributed by atoms with Crippen molar-refractivity contribution in [1.82, 2.24) is 4.31 Å². The molecule has 24 heavy (non-hydrogen) atoms. The van der Waals surface area contributed by atoms with Gasteiger partial charge in [0.05, 0.1) is 12.7 Å². The van der Waals surface area contributed by atoms with Crippen LogP contribution >= 0.6 is 0 Å². The van der Waals surface area contributed by atoms with Gasteiger partial charge in [0, 0.05) is 19.5 Å². The molecule has 0 aliphatic carbocycles. The standard InChI is InChI=1S/C16H23NO6S/c1-16(2,3)14(18)10-23-15(19)11-7-8-12(22-6)13(9-11)24(20,21)17(4)5/h7-9H,10H2,1-6H3. The van der Waals surface area contributed by atoms with Crippen molar-refractivity contribution in [1.29, 1.82) is 0 Å². The van der Waals surface area contributed by atoms with Crippen molar-refractivity contribution in [3.63, 3.8) is 0 Å². The van der Waals surface area contributed by atoms with Crippen molar-refractivity contribution >= 4 is 21.8 Å². The summed E-state index contributed by atoms with van der Waals surface area (Å²) in [5.74, 6) is -0.887. The lowest BCUT2D eigenvalue weighted by Crippen LogP contribution is -2.26. The Morgan fingerprint density at radius 3 is 2.21 bits per heavy atom. The molecule has 0 aliphatic rings. The van der Waals surface area contributed by atoms with Gasteiger partial charge in [-0.25, -0.2) is 17.5 Å². The number of rotatable bonds is 6. The van der Waals surface area contributed by atoms with Crippen LogP contribution in [0, 0.1) is 5.41 Å². The first-order valence-electron chi connectivity index (χ1n) is 7.22. The molecule has 0 saturated heterocycles. The Morgan fingerprint density at radius 1 is 1.17 bits per heavy atom. The van der Waals surface area contributed by atoms with E-state index in [4.69, 9.17) is 9.47 Å². The first-order valence-corrected chi connectivity index (χ1v) is 8.66. The summed E-state index contributed by atoms with van der Waals surface area (Å²) in [6, 6.07) is 3.94. The molecule has 0 amide bonds. The molecule has 0 N–H and O–H groups in total. The third-order valence-electron chi connectivity index (χ3n) is 3.33. The molecular weight excluding hydrogens is 334 g/mol. The lowest BCUT2D eigenvalue weighted by atomic mass is 9.91. The Morgan fingerprint density at radius 2 is 1.75 bits per heavy atom. The number of sulfonamides is 1. The number of carbonyl (C=O) groups is 2. The van der Waals surface area contributed by atoms with E-state index in [1.54, 1.807) is 20.8 Å². The zero-order valence-electron chi connectivity index (χ0n) is 14.7. The van der Waals surface area contributed by atoms with Gasteiger partial charge in [-0.2, -0.15) is 0 Å². The SMILES string of the molecule is COc1ccc(C(=O)OCC(=O)C(C)(C)C)cc1S(=O)(=O)N(C)C. The van der Waals surface area contributed by atoms with E-state index in [1.165, 1.54) is 39.4 Å². The molecular formula is C16H23NO6S. The number of carbonyl (C=O) groups excluding carboxylic acids is 2. The average Bonchev–Trinajstić information content (AvgIpc) is 2.50. The topological polar surface area (TPSA) is 90.0 Å². The number of benzene rings is 1. The van der Waals surface area contributed by atoms with E-state index in [0.29, 0.717) is 0 Å². The summed E-state index contributed by atoms with van der Waals surface area (Å²) in [4.78, 5) is 23.8. The Labute approximate surface area is 142 Å². The van der Waals surface area contributed by atoms with Gasteiger partial charge in [-0.1, -0.05) is 20.8 Å². The Kier molecular flexibility index (Phi) is 6.13. The molecule has 0 radical (unpaired) electrons. The van der Waals surface area contributed by atoms with Gasteiger partial charge < -0.3 is 9.47 Å². The fourth-order valence-electron chi connectivity index (χ4n) is 1.63. The molecule has 1 aromatic carbocycles. The molecule has 0 bridgehead atoms. The van der Waals surface area contributed by atoms with Gasteiger partial charge in [-0.3, -0.25) is 4.79 Å². The van der Waals surface area contributed by atoms with Crippen molar-refractivity contribution in [2.24, 2.45) is 5.41 Å². The highest BCUT2D eigenvalue weighted by Crippen LogP contribution is 2.27. The number of Topliss-reactive ketones (excluding diaryl/α,β-unsaturated/α-hetero) is 1. The molecule has 0 heterocycles. The Balaban J connectivity index is 3.10. The van der Waals surface area contributed by atoms with Crippen LogP contribution in [0.4, 0.5) is 0 Å². The van der Waals surface area contributed by atoms with Crippen LogP contribution in [-0.4, -0.2) is 52.3 Å². The fourth-order valence-corrected chi connectivity index (χ4v) is 2.71. The smallest absolute Gasteiger partial charge is 0.338 e. The van der Waals surface area contributed by atoms with E-state index in [2.05, 4.69) is 0 Å². The molecule has 0 unspecified atom stereocenters. The maximum Gasteiger partial charge on any atom is 0.338 e. The van der Waals surface area contributed by atoms with Crippen LogP contribution in [0.5, 0.6) is 5.75 Å². The van der Waals surface area contributed by atoms with Crippen molar-refractivity contribution < 1.29 is 27.5 Å². The number of nitrogens with zero attached hydrogens (tertiary/aromatic N) is 1. The summed E-state index contributed by atoms with van der Waals surface area (Å²) in [7, 11) is 0.294. The third-order valence-corrected chi connectivity index (χ3v) is 5.17. The maximum atomic E-state index is 12.3. The lowest BCUT2D eigenvalue weighted by Gasteiger charge is -2.17. The zero-order chi connectivity index (χ0) is 18.7. The number of ether oxygens (including phenoxy) is 2. The molecule has 0 aliphatic heterocycles. The second kappa shape index (κ2) is 7.31. The van der Waals surface area contributed by atoms with Gasteiger partial charge in [-0.05, 0) is 18.2 Å². The van der Waals surface area contributed by atoms with Gasteiger partial charge in [0.2, 0.25) is 10.0 Å². The fraction of sp³-hybridized carbons (Fsp3) is 0.500. The monoisotopic (exact) mass is 357 g/mol. The number of esters is 1. The minimum Gasteiger partial charge on any atom is -0.495 e. The summed E-state index contributed by atoms with van der Waals surface area (Å²) in [6.07, 6.45) is 0. The van der Waals surface area contributed by atoms with E-state index in [9.17, 15) is 18.0 Å². The third kappa shape index (κ3) is 4.55. The Hall–Kier alpha value is -1.93. The molecule has 0 spiro atoms. The number of hydrogen-bond acceptors (Lipinski definition) is 6. The molecule has 1 rings (SSSR count). The van der Waals surface area contributed by atoms with Gasteiger partial charge in [0.15, 0.2) is 12.4 Å². The van der Waals surface area contributed by atoms with Crippen LogP contribution in [0.1, 0.15) is 31.1 Å². The van der Waals surface area contributed by atoms with Crippen molar-refractivity contribution in [3.05, 3.63) is 23.8 Å². The van der Waals surface area contributed by atoms with E-state index in [1.807, 2.05) is 0 Å². The summed E-state index contributed by atoms with van der Waals surface area (Å²) in [5, 5.41) is 0. The predicted octanol–water partition coefficient (Wildman–Crippen LogP) is 1.72. The van der Waals surface area contributed by atoms with Crippen molar-refractivity contribution in [3.8, 4) is 5.75 Å². The summed E-state index contributed by atoms with van der Waals surface area (Å²) < 4.78 is 35.7. The largest absolute Gasteiger partial charge is 0.495 e. The van der Waals surface area contributed by atoms with Crippen LogP contribution in [0.3, 0.4) is 0 Å². The molecule has 7 nitrogen and oxygen atoms in total. The summed E-state index contributed by atoms with van der Waals surface area (Å²) >= 11 is 0. The van der Waals surface area contributed by atoms with Crippen molar-refractivity contribution in [2.45, 2.75) is 25.7 Å². The maximum absolute atomic E-state index is 12.3. The normalized spacial score (nSPS) is 12.1. The molecule has 0 saturated carbocycles. The second-order valence-electron chi connectivity index (χ2n) is 6.40. The van der Waals surface area contributed by atoms with Crippen LogP contribution in [0.2, 0.25) is 0 Å². The lowest BCUT2D eigenvalue weighted by molar-refractivity contribution is -0.129. The van der Waals surface area contributed by atoms with E-state index >= 15 is 0 Å². The molecule has 8 heteroatoms. The first kappa shape index (κ1) is 20.1. The predicted molar refractivity (Wildman–Crippen MR) is 88.6 cm³/mol. The van der Waals surface area contributed by atoms with Gasteiger partial charge in [0.1, 0.15) is 10.6 Å². The summed E-state index contributed by atoms with van der Waals surface area (Å²) in [6.45, 7) is 4.79. The van der Waals surface area contributed by atoms with Crippen molar-refractivity contribution in [2.75, 3.05) is 27.8 Å². The highest BCUT2D eigenvalue weighted by molar-refractivity contribution is 7.89. The van der Waals surface area contributed by atoms with Crippen LogP contribution in [0.15, 0.2) is 23.1 Å². The average molecular weight is 357 g/mol. The number of methoxy groups -OCH3 is 1. The number of hydrogen-bond donors (Lipinski definition) is 0. The zero-order valence-corrected chi connectivity index (χ0v) is 15.6. The minimum absolute atomic E-state index is 0.0259. The van der Waals surface area contributed by atoms with E-state index in [0.717, 1.165) is 4.31 Å². The quantitative estimate of drug-likeness (QED) is 0.720. The van der Waals surface area contributed by atoms with E-state index in [-0.39, 0.29) is 28.6 Å². The van der Waals surface area contributed by atoms with E-state index < -0.39 is 21.4 Å². The second-order valence-corrected chi connectivity index (χ2v) is 8.52. The molecule has 0 aromatic heterocycles. The van der Waals surface area contributed by atoms with Gasteiger partial charge in [0.25, 0.3) is 0 Å². The highest BCUT2D eigenvalue weighted by Gasteiger charge is 2.26. The van der Waals surface area contributed by atoms with Crippen LogP contribution < -0.4 is 4.74 Å². The first-order chi connectivity index (χ1) is 10.9.